The average molecular weight is 309 g/mol. The van der Waals surface area contributed by atoms with E-state index in [1.807, 2.05) is 31.2 Å². The van der Waals surface area contributed by atoms with Gasteiger partial charge in [-0.25, -0.2) is 0 Å². The number of hydrogen-bond donors (Lipinski definition) is 2. The molecule has 0 aliphatic rings. The van der Waals surface area contributed by atoms with Crippen molar-refractivity contribution in [2.45, 2.75) is 6.92 Å². The molecule has 1 amide bonds. The van der Waals surface area contributed by atoms with Crippen molar-refractivity contribution in [3.05, 3.63) is 58.1 Å². The van der Waals surface area contributed by atoms with Gasteiger partial charge in [-0.05, 0) is 37.3 Å². The van der Waals surface area contributed by atoms with Crippen molar-refractivity contribution < 1.29 is 4.79 Å². The van der Waals surface area contributed by atoms with Crippen LogP contribution < -0.4 is 10.6 Å². The van der Waals surface area contributed by atoms with E-state index in [9.17, 15) is 4.79 Å². The molecule has 0 bridgehead atoms. The van der Waals surface area contributed by atoms with E-state index in [0.717, 1.165) is 5.69 Å². The lowest BCUT2D eigenvalue weighted by Gasteiger charge is -2.09. The van der Waals surface area contributed by atoms with Crippen LogP contribution in [0, 0.1) is 6.92 Å². The van der Waals surface area contributed by atoms with Crippen molar-refractivity contribution >= 4 is 40.5 Å². The van der Waals surface area contributed by atoms with Crippen molar-refractivity contribution in [1.29, 1.82) is 0 Å². The summed E-state index contributed by atoms with van der Waals surface area (Å²) in [5, 5.41) is 6.73. The molecule has 0 atom stereocenters. The lowest BCUT2D eigenvalue weighted by molar-refractivity contribution is -0.114. The number of halogens is 2. The van der Waals surface area contributed by atoms with Crippen LogP contribution in [0.15, 0.2) is 42.5 Å². The first-order valence-electron chi connectivity index (χ1n) is 6.10. The fourth-order valence-electron chi connectivity index (χ4n) is 1.64. The lowest BCUT2D eigenvalue weighted by atomic mass is 10.2. The fraction of sp³-hybridized carbons (Fsp3) is 0.133. The highest BCUT2D eigenvalue weighted by atomic mass is 35.5. The highest BCUT2D eigenvalue weighted by Gasteiger charge is 2.06. The van der Waals surface area contributed by atoms with E-state index in [2.05, 4.69) is 10.6 Å². The summed E-state index contributed by atoms with van der Waals surface area (Å²) in [6, 6.07) is 12.7. The number of hydrogen-bond acceptors (Lipinski definition) is 2. The quantitative estimate of drug-likeness (QED) is 0.881. The highest BCUT2D eigenvalue weighted by molar-refractivity contribution is 6.35. The number of carbonyl (C=O) groups excluding carboxylic acids is 1. The molecule has 0 radical (unpaired) electrons. The summed E-state index contributed by atoms with van der Waals surface area (Å²) in [4.78, 5) is 11.8. The average Bonchev–Trinajstić information content (AvgIpc) is 2.42. The summed E-state index contributed by atoms with van der Waals surface area (Å²) in [5.41, 5.74) is 2.57. The third kappa shape index (κ3) is 4.15. The van der Waals surface area contributed by atoms with Gasteiger partial charge in [-0.1, -0.05) is 40.9 Å². The Morgan fingerprint density at radius 3 is 2.50 bits per heavy atom. The molecular weight excluding hydrogens is 295 g/mol. The number of carbonyl (C=O) groups is 1. The molecule has 0 heterocycles. The first-order chi connectivity index (χ1) is 9.54. The molecule has 0 saturated carbocycles. The molecule has 0 saturated heterocycles. The zero-order valence-corrected chi connectivity index (χ0v) is 12.4. The number of aryl methyl sites for hydroxylation is 1. The van der Waals surface area contributed by atoms with Crippen LogP contribution in [-0.2, 0) is 4.79 Å². The number of benzene rings is 2. The van der Waals surface area contributed by atoms with Crippen LogP contribution in [0.4, 0.5) is 11.4 Å². The molecule has 20 heavy (non-hydrogen) atoms. The minimum absolute atomic E-state index is 0.159. The van der Waals surface area contributed by atoms with Crippen molar-refractivity contribution in [2.24, 2.45) is 0 Å². The third-order valence-corrected chi connectivity index (χ3v) is 3.27. The van der Waals surface area contributed by atoms with Crippen molar-refractivity contribution in [3.63, 3.8) is 0 Å². The molecule has 2 aromatic rings. The predicted octanol–water partition coefficient (Wildman–Crippen LogP) is 4.35. The van der Waals surface area contributed by atoms with E-state index in [1.165, 1.54) is 5.56 Å². The van der Waals surface area contributed by atoms with E-state index in [1.54, 1.807) is 18.2 Å². The SMILES string of the molecule is Cc1ccc(NCC(=O)Nc2cc(Cl)ccc2Cl)cc1. The summed E-state index contributed by atoms with van der Waals surface area (Å²) >= 11 is 11.8. The Balaban J connectivity index is 1.92. The zero-order valence-electron chi connectivity index (χ0n) is 10.9. The van der Waals surface area contributed by atoms with Crippen LogP contribution in [0.3, 0.4) is 0 Å². The smallest absolute Gasteiger partial charge is 0.243 e. The van der Waals surface area contributed by atoms with Gasteiger partial charge in [0.25, 0.3) is 0 Å². The molecule has 0 aliphatic heterocycles. The summed E-state index contributed by atoms with van der Waals surface area (Å²) in [7, 11) is 0. The molecule has 0 unspecified atom stereocenters. The van der Waals surface area contributed by atoms with Crippen molar-refractivity contribution in [3.8, 4) is 0 Å². The van der Waals surface area contributed by atoms with Gasteiger partial charge in [0, 0.05) is 10.7 Å². The first kappa shape index (κ1) is 14.7. The van der Waals surface area contributed by atoms with Crippen LogP contribution in [0.1, 0.15) is 5.56 Å². The van der Waals surface area contributed by atoms with Gasteiger partial charge < -0.3 is 10.6 Å². The molecule has 0 aromatic heterocycles. The number of amides is 1. The maximum atomic E-state index is 11.8. The molecule has 0 spiro atoms. The second-order valence-electron chi connectivity index (χ2n) is 4.39. The minimum Gasteiger partial charge on any atom is -0.376 e. The normalized spacial score (nSPS) is 10.2. The molecule has 0 aliphatic carbocycles. The molecule has 104 valence electrons. The van der Waals surface area contributed by atoms with Crippen LogP contribution in [-0.4, -0.2) is 12.5 Å². The Kier molecular flexibility index (Phi) is 4.88. The molecule has 2 N–H and O–H groups in total. The van der Waals surface area contributed by atoms with Gasteiger partial charge in [0.05, 0.1) is 17.3 Å². The van der Waals surface area contributed by atoms with E-state index in [0.29, 0.717) is 15.7 Å². The van der Waals surface area contributed by atoms with Crippen molar-refractivity contribution in [2.75, 3.05) is 17.2 Å². The molecule has 3 nitrogen and oxygen atoms in total. The highest BCUT2D eigenvalue weighted by Crippen LogP contribution is 2.25. The van der Waals surface area contributed by atoms with Crippen LogP contribution in [0.25, 0.3) is 0 Å². The summed E-state index contributed by atoms with van der Waals surface area (Å²) in [5.74, 6) is -0.185. The predicted molar refractivity (Wildman–Crippen MR) is 84.8 cm³/mol. The summed E-state index contributed by atoms with van der Waals surface area (Å²) in [6.07, 6.45) is 0. The van der Waals surface area contributed by atoms with Gasteiger partial charge in [-0.15, -0.1) is 0 Å². The standard InChI is InChI=1S/C15H14Cl2N2O/c1-10-2-5-12(6-3-10)18-9-15(20)19-14-8-11(16)4-7-13(14)17/h2-8,18H,9H2,1H3,(H,19,20). The van der Waals surface area contributed by atoms with Gasteiger partial charge in [0.15, 0.2) is 0 Å². The van der Waals surface area contributed by atoms with E-state index >= 15 is 0 Å². The van der Waals surface area contributed by atoms with E-state index < -0.39 is 0 Å². The number of rotatable bonds is 4. The van der Waals surface area contributed by atoms with Gasteiger partial charge in [-0.3, -0.25) is 4.79 Å². The third-order valence-electron chi connectivity index (χ3n) is 2.71. The molecule has 5 heteroatoms. The first-order valence-corrected chi connectivity index (χ1v) is 6.85. The molecule has 0 fully saturated rings. The van der Waals surface area contributed by atoms with E-state index in [4.69, 9.17) is 23.2 Å². The largest absolute Gasteiger partial charge is 0.376 e. The molecule has 2 aromatic carbocycles. The maximum Gasteiger partial charge on any atom is 0.243 e. The Morgan fingerprint density at radius 1 is 1.10 bits per heavy atom. The number of anilines is 2. The zero-order chi connectivity index (χ0) is 14.5. The summed E-state index contributed by atoms with van der Waals surface area (Å²) < 4.78 is 0. The second-order valence-corrected chi connectivity index (χ2v) is 5.24. The Bertz CT molecular complexity index is 612. The Hall–Kier alpha value is -1.71. The summed E-state index contributed by atoms with van der Waals surface area (Å²) in [6.45, 7) is 2.17. The van der Waals surface area contributed by atoms with Crippen LogP contribution in [0.2, 0.25) is 10.0 Å². The Labute approximate surface area is 127 Å². The fourth-order valence-corrected chi connectivity index (χ4v) is 1.98. The van der Waals surface area contributed by atoms with Gasteiger partial charge in [0.1, 0.15) is 0 Å². The van der Waals surface area contributed by atoms with Crippen molar-refractivity contribution in [1.82, 2.24) is 0 Å². The lowest BCUT2D eigenvalue weighted by Crippen LogP contribution is -2.21. The Morgan fingerprint density at radius 2 is 1.80 bits per heavy atom. The minimum atomic E-state index is -0.185. The number of nitrogens with one attached hydrogen (secondary N) is 2. The van der Waals surface area contributed by atoms with Gasteiger partial charge in [-0.2, -0.15) is 0 Å². The topological polar surface area (TPSA) is 41.1 Å². The second kappa shape index (κ2) is 6.64. The van der Waals surface area contributed by atoms with Crippen LogP contribution >= 0.6 is 23.2 Å². The monoisotopic (exact) mass is 308 g/mol. The maximum absolute atomic E-state index is 11.8. The van der Waals surface area contributed by atoms with Gasteiger partial charge >= 0.3 is 0 Å². The molecular formula is C15H14Cl2N2O. The van der Waals surface area contributed by atoms with Gasteiger partial charge in [0.2, 0.25) is 5.91 Å². The van der Waals surface area contributed by atoms with E-state index in [-0.39, 0.29) is 12.5 Å². The molecule has 2 rings (SSSR count). The van der Waals surface area contributed by atoms with Crippen LogP contribution in [0.5, 0.6) is 0 Å².